The molecule has 0 aliphatic heterocycles. The second-order valence-corrected chi connectivity index (χ2v) is 4.71. The third-order valence-corrected chi connectivity index (χ3v) is 3.12. The lowest BCUT2D eigenvalue weighted by molar-refractivity contribution is -0.120. The monoisotopic (exact) mass is 266 g/mol. The highest BCUT2D eigenvalue weighted by Crippen LogP contribution is 2.09. The van der Waals surface area contributed by atoms with E-state index in [0.29, 0.717) is 18.0 Å². The molecule has 5 heteroatoms. The Morgan fingerprint density at radius 2 is 2.12 bits per heavy atom. The molecule has 17 heavy (non-hydrogen) atoms. The molecule has 1 aromatic heterocycles. The fourth-order valence-electron chi connectivity index (χ4n) is 1.35. The Hall–Kier alpha value is -1.39. The number of aromatic nitrogens is 1. The Morgan fingerprint density at radius 3 is 2.76 bits per heavy atom. The first-order chi connectivity index (χ1) is 8.24. The second kappa shape index (κ2) is 5.80. The molecule has 1 heterocycles. The van der Waals surface area contributed by atoms with E-state index in [-0.39, 0.29) is 5.91 Å². The number of carbonyl (C=O) groups excluding carboxylic acids is 1. The second-order valence-electron chi connectivity index (χ2n) is 3.56. The van der Waals surface area contributed by atoms with Crippen molar-refractivity contribution in [1.29, 1.82) is 0 Å². The molecule has 0 fully saturated rings. The van der Waals surface area contributed by atoms with Gasteiger partial charge in [0.25, 0.3) is 0 Å². The number of carbonyl (C=O) groups is 1. The van der Waals surface area contributed by atoms with Crippen LogP contribution in [0.25, 0.3) is 0 Å². The zero-order valence-corrected chi connectivity index (χ0v) is 10.6. The van der Waals surface area contributed by atoms with Crippen LogP contribution in [0.5, 0.6) is 0 Å². The van der Waals surface area contributed by atoms with Crippen molar-refractivity contribution < 1.29 is 4.79 Å². The maximum Gasteiger partial charge on any atom is 0.226 e. The standard InChI is InChI=1S/C12H11ClN2OS/c13-10-3-1-9(2-4-10)6-14-12(16)5-11-7-17-8-15-11/h1-4,7-8H,5-6H2,(H,14,16). The molecule has 3 nitrogen and oxygen atoms in total. The molecule has 0 radical (unpaired) electrons. The Balaban J connectivity index is 1.82. The number of amides is 1. The summed E-state index contributed by atoms with van der Waals surface area (Å²) in [7, 11) is 0. The van der Waals surface area contributed by atoms with Crippen LogP contribution in [-0.4, -0.2) is 10.9 Å². The third kappa shape index (κ3) is 3.84. The number of thiazole rings is 1. The molecule has 1 aromatic carbocycles. The molecule has 0 atom stereocenters. The van der Waals surface area contributed by atoms with Crippen molar-refractivity contribution in [2.75, 3.05) is 0 Å². The van der Waals surface area contributed by atoms with Gasteiger partial charge in [-0.2, -0.15) is 0 Å². The molecular formula is C12H11ClN2OS. The maximum atomic E-state index is 11.6. The van der Waals surface area contributed by atoms with Gasteiger partial charge >= 0.3 is 0 Å². The van der Waals surface area contributed by atoms with Gasteiger partial charge < -0.3 is 5.32 Å². The molecule has 0 bridgehead atoms. The van der Waals surface area contributed by atoms with Crippen molar-refractivity contribution in [3.8, 4) is 0 Å². The SMILES string of the molecule is O=C(Cc1cscn1)NCc1ccc(Cl)cc1. The van der Waals surface area contributed by atoms with Gasteiger partial charge in [-0.05, 0) is 17.7 Å². The van der Waals surface area contributed by atoms with Crippen molar-refractivity contribution in [3.05, 3.63) is 51.4 Å². The Labute approximate surface area is 108 Å². The molecular weight excluding hydrogens is 256 g/mol. The molecule has 0 spiro atoms. The van der Waals surface area contributed by atoms with Crippen LogP contribution in [-0.2, 0) is 17.8 Å². The van der Waals surface area contributed by atoms with E-state index in [1.54, 1.807) is 5.51 Å². The summed E-state index contributed by atoms with van der Waals surface area (Å²) in [5.74, 6) is -0.0224. The van der Waals surface area contributed by atoms with E-state index in [2.05, 4.69) is 10.3 Å². The topological polar surface area (TPSA) is 42.0 Å². The van der Waals surface area contributed by atoms with Gasteiger partial charge in [0.1, 0.15) is 0 Å². The normalized spacial score (nSPS) is 10.2. The van der Waals surface area contributed by atoms with E-state index in [1.165, 1.54) is 11.3 Å². The lowest BCUT2D eigenvalue weighted by Crippen LogP contribution is -2.24. The summed E-state index contributed by atoms with van der Waals surface area (Å²) in [5.41, 5.74) is 3.56. The van der Waals surface area contributed by atoms with Crippen LogP contribution < -0.4 is 5.32 Å². The highest BCUT2D eigenvalue weighted by atomic mass is 35.5. The molecule has 0 saturated heterocycles. The van der Waals surface area contributed by atoms with Crippen LogP contribution in [0.15, 0.2) is 35.2 Å². The molecule has 0 aliphatic rings. The van der Waals surface area contributed by atoms with Crippen LogP contribution in [0, 0.1) is 0 Å². The van der Waals surface area contributed by atoms with E-state index in [0.717, 1.165) is 11.3 Å². The van der Waals surface area contributed by atoms with Crippen molar-refractivity contribution in [2.45, 2.75) is 13.0 Å². The lowest BCUT2D eigenvalue weighted by Gasteiger charge is -2.04. The van der Waals surface area contributed by atoms with Crippen LogP contribution in [0.4, 0.5) is 0 Å². The van der Waals surface area contributed by atoms with Crippen LogP contribution in [0.1, 0.15) is 11.3 Å². The number of hydrogen-bond donors (Lipinski definition) is 1. The van der Waals surface area contributed by atoms with Crippen molar-refractivity contribution in [1.82, 2.24) is 10.3 Å². The van der Waals surface area contributed by atoms with Gasteiger partial charge in [0.15, 0.2) is 0 Å². The van der Waals surface area contributed by atoms with E-state index in [4.69, 9.17) is 11.6 Å². The van der Waals surface area contributed by atoms with Crippen LogP contribution in [0.3, 0.4) is 0 Å². The molecule has 0 saturated carbocycles. The molecule has 2 aromatic rings. The molecule has 1 N–H and O–H groups in total. The molecule has 0 unspecified atom stereocenters. The average Bonchev–Trinajstić information content (AvgIpc) is 2.81. The minimum absolute atomic E-state index is 0.0224. The first-order valence-electron chi connectivity index (χ1n) is 5.12. The zero-order chi connectivity index (χ0) is 12.1. The Morgan fingerprint density at radius 1 is 1.35 bits per heavy atom. The highest BCUT2D eigenvalue weighted by Gasteiger charge is 2.04. The van der Waals surface area contributed by atoms with Gasteiger partial charge in [0.05, 0.1) is 17.6 Å². The van der Waals surface area contributed by atoms with Crippen molar-refractivity contribution >= 4 is 28.8 Å². The summed E-state index contributed by atoms with van der Waals surface area (Å²) in [6, 6.07) is 7.41. The Kier molecular flexibility index (Phi) is 4.12. The van der Waals surface area contributed by atoms with E-state index in [1.807, 2.05) is 29.6 Å². The predicted molar refractivity (Wildman–Crippen MR) is 69.1 cm³/mol. The molecule has 88 valence electrons. The quantitative estimate of drug-likeness (QED) is 0.924. The van der Waals surface area contributed by atoms with Crippen LogP contribution in [0.2, 0.25) is 5.02 Å². The first-order valence-corrected chi connectivity index (χ1v) is 6.44. The number of halogens is 1. The Bertz CT molecular complexity index is 482. The number of nitrogens with one attached hydrogen (secondary N) is 1. The first kappa shape index (κ1) is 12.1. The number of hydrogen-bond acceptors (Lipinski definition) is 3. The summed E-state index contributed by atoms with van der Waals surface area (Å²) >= 11 is 7.27. The van der Waals surface area contributed by atoms with Crippen molar-refractivity contribution in [3.63, 3.8) is 0 Å². The smallest absolute Gasteiger partial charge is 0.226 e. The number of nitrogens with zero attached hydrogens (tertiary/aromatic N) is 1. The fourth-order valence-corrected chi connectivity index (χ4v) is 2.04. The fraction of sp³-hybridized carbons (Fsp3) is 0.167. The van der Waals surface area contributed by atoms with E-state index < -0.39 is 0 Å². The summed E-state index contributed by atoms with van der Waals surface area (Å²) in [6.45, 7) is 0.514. The minimum atomic E-state index is -0.0224. The molecule has 0 aliphatic carbocycles. The predicted octanol–water partition coefficient (Wildman–Crippen LogP) is 2.66. The largest absolute Gasteiger partial charge is 0.352 e. The van der Waals surface area contributed by atoms with Crippen molar-refractivity contribution in [2.24, 2.45) is 0 Å². The van der Waals surface area contributed by atoms with Gasteiger partial charge in [0, 0.05) is 16.9 Å². The third-order valence-electron chi connectivity index (χ3n) is 2.23. The van der Waals surface area contributed by atoms with E-state index >= 15 is 0 Å². The van der Waals surface area contributed by atoms with Gasteiger partial charge in [-0.15, -0.1) is 11.3 Å². The van der Waals surface area contributed by atoms with Gasteiger partial charge in [-0.25, -0.2) is 4.98 Å². The highest BCUT2D eigenvalue weighted by molar-refractivity contribution is 7.07. The van der Waals surface area contributed by atoms with E-state index in [9.17, 15) is 4.79 Å². The lowest BCUT2D eigenvalue weighted by atomic mass is 10.2. The number of rotatable bonds is 4. The number of benzene rings is 1. The van der Waals surface area contributed by atoms with Crippen LogP contribution >= 0.6 is 22.9 Å². The molecule has 2 rings (SSSR count). The van der Waals surface area contributed by atoms with Gasteiger partial charge in [-0.1, -0.05) is 23.7 Å². The summed E-state index contributed by atoms with van der Waals surface area (Å²) in [4.78, 5) is 15.6. The summed E-state index contributed by atoms with van der Waals surface area (Å²) in [5, 5.41) is 5.41. The maximum absolute atomic E-state index is 11.6. The average molecular weight is 267 g/mol. The minimum Gasteiger partial charge on any atom is -0.352 e. The summed E-state index contributed by atoms with van der Waals surface area (Å²) in [6.07, 6.45) is 0.330. The summed E-state index contributed by atoms with van der Waals surface area (Å²) < 4.78 is 0. The van der Waals surface area contributed by atoms with Gasteiger partial charge in [0.2, 0.25) is 5.91 Å². The zero-order valence-electron chi connectivity index (χ0n) is 9.02. The molecule has 1 amide bonds. The van der Waals surface area contributed by atoms with Gasteiger partial charge in [-0.3, -0.25) is 4.79 Å².